The minimum Gasteiger partial charge on any atom is -0.365 e. The predicted molar refractivity (Wildman–Crippen MR) is 107 cm³/mol. The van der Waals surface area contributed by atoms with E-state index in [9.17, 15) is 4.79 Å². The lowest BCUT2D eigenvalue weighted by Crippen LogP contribution is -2.32. The molecule has 0 atom stereocenters. The second-order valence-corrected chi connectivity index (χ2v) is 7.72. The van der Waals surface area contributed by atoms with Crippen LogP contribution in [0.4, 0.5) is 5.13 Å². The summed E-state index contributed by atoms with van der Waals surface area (Å²) in [5.74, 6) is 0.493. The van der Waals surface area contributed by atoms with Crippen LogP contribution in [-0.2, 0) is 11.2 Å². The van der Waals surface area contributed by atoms with Gasteiger partial charge in [0, 0.05) is 42.9 Å². The van der Waals surface area contributed by atoms with Crippen LogP contribution in [0.3, 0.4) is 0 Å². The molecule has 4 rings (SSSR count). The maximum atomic E-state index is 12.5. The molecule has 0 spiro atoms. The number of Topliss-reactive ketones (excluding diaryl/α,β-unsaturated/α-hetero) is 1. The second kappa shape index (κ2) is 7.51. The summed E-state index contributed by atoms with van der Waals surface area (Å²) in [6.07, 6.45) is 6.07. The third-order valence-electron chi connectivity index (χ3n) is 4.93. The molecule has 3 heterocycles. The number of piperidine rings is 1. The van der Waals surface area contributed by atoms with Gasteiger partial charge in [0.05, 0.1) is 4.88 Å². The molecule has 0 aliphatic carbocycles. The molecule has 1 saturated heterocycles. The van der Waals surface area contributed by atoms with Crippen LogP contribution in [0.15, 0.2) is 36.7 Å². The Morgan fingerprint density at radius 2 is 2.04 bits per heavy atom. The van der Waals surface area contributed by atoms with Gasteiger partial charge < -0.3 is 10.6 Å². The molecule has 3 aromatic rings. The maximum Gasteiger partial charge on any atom is 0.182 e. The Labute approximate surface area is 156 Å². The summed E-state index contributed by atoms with van der Waals surface area (Å²) in [6.45, 7) is 1.88. The van der Waals surface area contributed by atoms with Crippen LogP contribution in [0.2, 0.25) is 0 Å². The van der Waals surface area contributed by atoms with Gasteiger partial charge in [0.2, 0.25) is 0 Å². The Balaban J connectivity index is 1.58. The van der Waals surface area contributed by atoms with Crippen LogP contribution in [0.25, 0.3) is 21.2 Å². The highest BCUT2D eigenvalue weighted by molar-refractivity contribution is 7.18. The van der Waals surface area contributed by atoms with Crippen LogP contribution in [-0.4, -0.2) is 35.9 Å². The normalized spacial score (nSPS) is 15.3. The highest BCUT2D eigenvalue weighted by atomic mass is 32.1. The van der Waals surface area contributed by atoms with Crippen molar-refractivity contribution >= 4 is 33.0 Å². The lowest BCUT2D eigenvalue weighted by Gasteiger charge is -2.21. The van der Waals surface area contributed by atoms with Gasteiger partial charge in [-0.25, -0.2) is 4.98 Å². The Kier molecular flexibility index (Phi) is 4.95. The molecule has 0 amide bonds. The zero-order valence-electron chi connectivity index (χ0n) is 14.8. The molecule has 5 nitrogen and oxygen atoms in total. The predicted octanol–water partition coefficient (Wildman–Crippen LogP) is 3.51. The molecule has 0 bridgehead atoms. The molecule has 1 aliphatic rings. The Hall–Kier alpha value is -2.31. The minimum absolute atomic E-state index is 0.178. The van der Waals surface area contributed by atoms with E-state index < -0.39 is 0 Å². The average Bonchev–Trinajstić information content (AvgIpc) is 3.17. The maximum absolute atomic E-state index is 12.5. The first kappa shape index (κ1) is 17.1. The van der Waals surface area contributed by atoms with Gasteiger partial charge in [-0.05, 0) is 49.0 Å². The number of nitrogens with zero attached hydrogens (tertiary/aromatic N) is 2. The molecule has 1 aromatic carbocycles. The summed E-state index contributed by atoms with van der Waals surface area (Å²) in [4.78, 5) is 22.5. The first-order chi connectivity index (χ1) is 12.7. The van der Waals surface area contributed by atoms with Crippen molar-refractivity contribution in [1.82, 2.24) is 15.3 Å². The van der Waals surface area contributed by atoms with Crippen molar-refractivity contribution < 1.29 is 4.79 Å². The van der Waals surface area contributed by atoms with E-state index in [-0.39, 0.29) is 5.92 Å². The molecule has 1 fully saturated rings. The molecule has 0 saturated carbocycles. The van der Waals surface area contributed by atoms with Gasteiger partial charge >= 0.3 is 0 Å². The molecular formula is C20H22N4OS. The lowest BCUT2D eigenvalue weighted by molar-refractivity contribution is -0.123. The second-order valence-electron chi connectivity index (χ2n) is 6.68. The minimum atomic E-state index is 0.178. The molecule has 134 valence electrons. The number of pyridine rings is 1. The van der Waals surface area contributed by atoms with Crippen molar-refractivity contribution in [2.45, 2.75) is 19.3 Å². The smallest absolute Gasteiger partial charge is 0.182 e. The van der Waals surface area contributed by atoms with Gasteiger partial charge in [0.15, 0.2) is 5.13 Å². The third-order valence-corrected chi connectivity index (χ3v) is 6.00. The lowest BCUT2D eigenvalue weighted by atomic mass is 9.91. The number of carbonyl (C=O) groups excluding carboxylic acids is 1. The van der Waals surface area contributed by atoms with E-state index in [0.717, 1.165) is 58.0 Å². The monoisotopic (exact) mass is 366 g/mol. The molecule has 6 heteroatoms. The number of anilines is 1. The summed E-state index contributed by atoms with van der Waals surface area (Å²) in [7, 11) is 1.88. The van der Waals surface area contributed by atoms with Crippen LogP contribution >= 0.6 is 11.3 Å². The summed E-state index contributed by atoms with van der Waals surface area (Å²) >= 11 is 1.63. The van der Waals surface area contributed by atoms with Crippen molar-refractivity contribution in [2.75, 3.05) is 25.5 Å². The quantitative estimate of drug-likeness (QED) is 0.723. The van der Waals surface area contributed by atoms with E-state index >= 15 is 0 Å². The fraction of sp³-hybridized carbons (Fsp3) is 0.350. The Morgan fingerprint density at radius 1 is 1.19 bits per heavy atom. The number of carbonyl (C=O) groups is 1. The summed E-state index contributed by atoms with van der Waals surface area (Å²) in [6, 6.07) is 8.38. The Bertz CT molecular complexity index is 930. The van der Waals surface area contributed by atoms with Crippen LogP contribution in [0.5, 0.6) is 0 Å². The zero-order valence-corrected chi connectivity index (χ0v) is 15.6. The topological polar surface area (TPSA) is 66.9 Å². The van der Waals surface area contributed by atoms with Gasteiger partial charge in [0.1, 0.15) is 5.78 Å². The van der Waals surface area contributed by atoms with Crippen LogP contribution < -0.4 is 10.6 Å². The number of aromatic nitrogens is 2. The largest absolute Gasteiger partial charge is 0.365 e. The highest BCUT2D eigenvalue weighted by Gasteiger charge is 2.21. The first-order valence-corrected chi connectivity index (χ1v) is 9.80. The molecule has 26 heavy (non-hydrogen) atoms. The van der Waals surface area contributed by atoms with Gasteiger partial charge in [0.25, 0.3) is 0 Å². The molecular weight excluding hydrogens is 344 g/mol. The van der Waals surface area contributed by atoms with E-state index in [1.54, 1.807) is 11.3 Å². The molecule has 0 radical (unpaired) electrons. The van der Waals surface area contributed by atoms with E-state index in [1.165, 1.54) is 0 Å². The SMILES string of the molecule is CNc1ncc(-c2ccc3cnc(CC(=O)C4CCNCC4)cc3c2)s1. The number of hydrogen-bond acceptors (Lipinski definition) is 6. The molecule has 2 N–H and O–H groups in total. The summed E-state index contributed by atoms with van der Waals surface area (Å²) < 4.78 is 0. The number of rotatable bonds is 5. The molecule has 2 aromatic heterocycles. The van der Waals surface area contributed by atoms with Crippen LogP contribution in [0.1, 0.15) is 18.5 Å². The number of thiazole rings is 1. The number of benzene rings is 1. The highest BCUT2D eigenvalue weighted by Crippen LogP contribution is 2.31. The van der Waals surface area contributed by atoms with E-state index in [4.69, 9.17) is 0 Å². The standard InChI is InChI=1S/C20H22N4OS/c1-21-20-24-12-19(26-20)14-2-3-15-11-23-17(9-16(15)8-14)10-18(25)13-4-6-22-7-5-13/h2-3,8-9,11-13,22H,4-7,10H2,1H3,(H,21,24). The average molecular weight is 366 g/mol. The number of ketones is 1. The van der Waals surface area contributed by atoms with E-state index in [0.29, 0.717) is 12.2 Å². The van der Waals surface area contributed by atoms with E-state index in [2.05, 4.69) is 44.9 Å². The number of fused-ring (bicyclic) bond motifs is 1. The van der Waals surface area contributed by atoms with Crippen molar-refractivity contribution in [1.29, 1.82) is 0 Å². The van der Waals surface area contributed by atoms with Crippen LogP contribution in [0, 0.1) is 5.92 Å². The number of hydrogen-bond donors (Lipinski definition) is 2. The fourth-order valence-electron chi connectivity index (χ4n) is 3.43. The van der Waals surface area contributed by atoms with Gasteiger partial charge in [-0.15, -0.1) is 0 Å². The number of nitrogens with one attached hydrogen (secondary N) is 2. The van der Waals surface area contributed by atoms with Gasteiger partial charge in [-0.1, -0.05) is 23.5 Å². The third kappa shape index (κ3) is 3.61. The summed E-state index contributed by atoms with van der Waals surface area (Å²) in [5.41, 5.74) is 2.00. The Morgan fingerprint density at radius 3 is 2.81 bits per heavy atom. The van der Waals surface area contributed by atoms with E-state index in [1.807, 2.05) is 19.4 Å². The van der Waals surface area contributed by atoms with Gasteiger partial charge in [-0.2, -0.15) is 0 Å². The van der Waals surface area contributed by atoms with Gasteiger partial charge in [-0.3, -0.25) is 9.78 Å². The zero-order chi connectivity index (χ0) is 17.9. The van der Waals surface area contributed by atoms with Crippen molar-refractivity contribution in [3.63, 3.8) is 0 Å². The van der Waals surface area contributed by atoms with Crippen molar-refractivity contribution in [2.24, 2.45) is 5.92 Å². The first-order valence-electron chi connectivity index (χ1n) is 8.99. The van der Waals surface area contributed by atoms with Crippen molar-refractivity contribution in [3.8, 4) is 10.4 Å². The fourth-order valence-corrected chi connectivity index (χ4v) is 4.19. The molecule has 0 unspecified atom stereocenters. The molecule has 1 aliphatic heterocycles. The summed E-state index contributed by atoms with van der Waals surface area (Å²) in [5, 5.41) is 9.49. The van der Waals surface area contributed by atoms with Crippen molar-refractivity contribution in [3.05, 3.63) is 42.4 Å².